The summed E-state index contributed by atoms with van der Waals surface area (Å²) in [6, 6.07) is 5.93. The Bertz CT molecular complexity index is 533. The topological polar surface area (TPSA) is 37.8 Å². The summed E-state index contributed by atoms with van der Waals surface area (Å²) in [7, 11) is 0. The summed E-state index contributed by atoms with van der Waals surface area (Å²) < 4.78 is 1.16. The van der Waals surface area contributed by atoms with Gasteiger partial charge < -0.3 is 5.32 Å². The predicted molar refractivity (Wildman–Crippen MR) is 83.0 cm³/mol. The second-order valence-electron chi connectivity index (χ2n) is 3.45. The molecule has 0 spiro atoms. The minimum atomic E-state index is 0.468. The van der Waals surface area contributed by atoms with Gasteiger partial charge in [-0.3, -0.25) is 0 Å². The van der Waals surface area contributed by atoms with E-state index in [9.17, 15) is 0 Å². The zero-order valence-electron chi connectivity index (χ0n) is 9.61. The molecule has 0 unspecified atom stereocenters. The fraction of sp³-hybridized carbons (Fsp3) is 0.273. The van der Waals surface area contributed by atoms with Crippen molar-refractivity contribution in [3.8, 4) is 0 Å². The maximum atomic E-state index is 5.92. The fourth-order valence-corrected chi connectivity index (χ4v) is 3.47. The molecule has 18 heavy (non-hydrogen) atoms. The molecule has 0 fully saturated rings. The number of anilines is 1. The van der Waals surface area contributed by atoms with E-state index in [0.29, 0.717) is 10.3 Å². The highest BCUT2D eigenvalue weighted by molar-refractivity contribution is 9.11. The largest absolute Gasteiger partial charge is 0.370 e. The smallest absolute Gasteiger partial charge is 0.190 e. The van der Waals surface area contributed by atoms with Crippen molar-refractivity contribution >= 4 is 56.4 Å². The van der Waals surface area contributed by atoms with Crippen molar-refractivity contribution in [3.05, 3.63) is 32.0 Å². The number of aromatic nitrogens is 2. The number of rotatable bonds is 5. The first-order valence-electron chi connectivity index (χ1n) is 5.24. The predicted octanol–water partition coefficient (Wildman–Crippen LogP) is 4.33. The Balaban J connectivity index is 1.91. The van der Waals surface area contributed by atoms with Gasteiger partial charge in [-0.15, -0.1) is 11.3 Å². The normalized spacial score (nSPS) is 10.6. The fourth-order valence-electron chi connectivity index (χ4n) is 1.38. The molecule has 2 rings (SSSR count). The molecule has 0 aromatic carbocycles. The van der Waals surface area contributed by atoms with Gasteiger partial charge in [0.2, 0.25) is 0 Å². The van der Waals surface area contributed by atoms with E-state index in [2.05, 4.69) is 43.3 Å². The van der Waals surface area contributed by atoms with Crippen LogP contribution in [0.3, 0.4) is 0 Å². The van der Waals surface area contributed by atoms with Crippen LogP contribution in [0.25, 0.3) is 0 Å². The highest BCUT2D eigenvalue weighted by atomic mass is 79.9. The number of hydrogen-bond acceptors (Lipinski definition) is 5. The molecule has 2 aromatic heterocycles. The van der Waals surface area contributed by atoms with Crippen LogP contribution in [0.15, 0.2) is 27.1 Å². The van der Waals surface area contributed by atoms with Gasteiger partial charge in [-0.05, 0) is 40.7 Å². The summed E-state index contributed by atoms with van der Waals surface area (Å²) in [5.41, 5.74) is 0. The van der Waals surface area contributed by atoms with Crippen molar-refractivity contribution in [1.82, 2.24) is 9.97 Å². The average Bonchev–Trinajstić information content (AvgIpc) is 2.74. The lowest BCUT2D eigenvalue weighted by atomic mass is 10.3. The van der Waals surface area contributed by atoms with Gasteiger partial charge in [0.15, 0.2) is 5.16 Å². The van der Waals surface area contributed by atoms with E-state index >= 15 is 0 Å². The first-order chi connectivity index (χ1) is 8.67. The Morgan fingerprint density at radius 3 is 2.94 bits per heavy atom. The Morgan fingerprint density at radius 2 is 2.28 bits per heavy atom. The van der Waals surface area contributed by atoms with Crippen molar-refractivity contribution in [1.29, 1.82) is 0 Å². The van der Waals surface area contributed by atoms with E-state index in [1.807, 2.05) is 6.26 Å². The van der Waals surface area contributed by atoms with E-state index in [0.717, 1.165) is 22.6 Å². The number of halogens is 2. The molecule has 0 radical (unpaired) electrons. The second-order valence-corrected chi connectivity index (χ2v) is 7.15. The first-order valence-corrected chi connectivity index (χ1v) is 8.45. The quantitative estimate of drug-likeness (QED) is 0.487. The van der Waals surface area contributed by atoms with Crippen LogP contribution >= 0.6 is 50.6 Å². The molecule has 0 saturated carbocycles. The lowest BCUT2D eigenvalue weighted by Crippen LogP contribution is -2.06. The van der Waals surface area contributed by atoms with Gasteiger partial charge in [0.05, 0.1) is 3.79 Å². The molecule has 2 heterocycles. The molecule has 0 aliphatic rings. The van der Waals surface area contributed by atoms with Crippen LogP contribution in [0.4, 0.5) is 5.82 Å². The molecule has 0 bridgehead atoms. The Morgan fingerprint density at radius 1 is 1.44 bits per heavy atom. The molecule has 2 aromatic rings. The van der Waals surface area contributed by atoms with Crippen LogP contribution in [0, 0.1) is 0 Å². The van der Waals surface area contributed by atoms with Crippen molar-refractivity contribution in [2.24, 2.45) is 0 Å². The standard InChI is InChI=1S/C11H11BrClN3S2/c1-17-11-15-9(13)6-10(16-11)14-5-4-7-2-3-8(12)18-7/h2-3,6H,4-5H2,1H3,(H,14,15,16). The lowest BCUT2D eigenvalue weighted by molar-refractivity contribution is 0.946. The summed E-state index contributed by atoms with van der Waals surface area (Å²) >= 11 is 12.6. The summed E-state index contributed by atoms with van der Waals surface area (Å²) in [6.45, 7) is 0.827. The van der Waals surface area contributed by atoms with Gasteiger partial charge in [0.25, 0.3) is 0 Å². The Kier molecular flexibility index (Phi) is 5.29. The number of nitrogens with zero attached hydrogens (tertiary/aromatic N) is 2. The van der Waals surface area contributed by atoms with Crippen molar-refractivity contribution < 1.29 is 0 Å². The molecule has 1 N–H and O–H groups in total. The summed E-state index contributed by atoms with van der Waals surface area (Å²) in [6.07, 6.45) is 2.89. The minimum Gasteiger partial charge on any atom is -0.370 e. The Hall–Kier alpha value is -0.300. The van der Waals surface area contributed by atoms with Gasteiger partial charge in [-0.2, -0.15) is 0 Å². The van der Waals surface area contributed by atoms with Gasteiger partial charge in [-0.1, -0.05) is 23.4 Å². The average molecular weight is 365 g/mol. The molecule has 3 nitrogen and oxygen atoms in total. The zero-order chi connectivity index (χ0) is 13.0. The SMILES string of the molecule is CSc1nc(Cl)cc(NCCc2ccc(Br)s2)n1. The third-order valence-corrected chi connectivity index (χ3v) is 4.59. The number of hydrogen-bond donors (Lipinski definition) is 1. The number of thiophene rings is 1. The highest BCUT2D eigenvalue weighted by Crippen LogP contribution is 2.22. The maximum absolute atomic E-state index is 5.92. The van der Waals surface area contributed by atoms with Gasteiger partial charge >= 0.3 is 0 Å². The third-order valence-electron chi connectivity index (χ3n) is 2.16. The zero-order valence-corrected chi connectivity index (χ0v) is 13.6. The molecule has 0 atom stereocenters. The Labute approximate surface area is 128 Å². The van der Waals surface area contributed by atoms with E-state index in [1.54, 1.807) is 17.4 Å². The van der Waals surface area contributed by atoms with Crippen molar-refractivity contribution in [2.75, 3.05) is 18.1 Å². The van der Waals surface area contributed by atoms with E-state index in [4.69, 9.17) is 11.6 Å². The van der Waals surface area contributed by atoms with Crippen LogP contribution in [0.1, 0.15) is 4.88 Å². The van der Waals surface area contributed by atoms with Crippen LogP contribution in [0.2, 0.25) is 5.15 Å². The number of nitrogens with one attached hydrogen (secondary N) is 1. The summed E-state index contributed by atoms with van der Waals surface area (Å²) in [5.74, 6) is 0.773. The van der Waals surface area contributed by atoms with E-state index in [-0.39, 0.29) is 0 Å². The van der Waals surface area contributed by atoms with E-state index < -0.39 is 0 Å². The molecule has 0 aliphatic carbocycles. The van der Waals surface area contributed by atoms with Crippen molar-refractivity contribution in [2.45, 2.75) is 11.6 Å². The van der Waals surface area contributed by atoms with Gasteiger partial charge in [0, 0.05) is 17.5 Å². The van der Waals surface area contributed by atoms with Crippen LogP contribution in [-0.2, 0) is 6.42 Å². The molecule has 0 saturated heterocycles. The van der Waals surface area contributed by atoms with Gasteiger partial charge in [0.1, 0.15) is 11.0 Å². The maximum Gasteiger partial charge on any atom is 0.190 e. The van der Waals surface area contributed by atoms with Crippen LogP contribution in [0.5, 0.6) is 0 Å². The first kappa shape index (κ1) is 14.1. The highest BCUT2D eigenvalue weighted by Gasteiger charge is 2.02. The van der Waals surface area contributed by atoms with Crippen LogP contribution in [-0.4, -0.2) is 22.8 Å². The second kappa shape index (κ2) is 6.75. The molecular weight excluding hydrogens is 354 g/mol. The lowest BCUT2D eigenvalue weighted by Gasteiger charge is -2.06. The summed E-state index contributed by atoms with van der Waals surface area (Å²) in [4.78, 5) is 9.77. The molecule has 0 amide bonds. The van der Waals surface area contributed by atoms with Gasteiger partial charge in [-0.25, -0.2) is 9.97 Å². The number of thioether (sulfide) groups is 1. The monoisotopic (exact) mass is 363 g/mol. The molecule has 0 aliphatic heterocycles. The minimum absolute atomic E-state index is 0.468. The summed E-state index contributed by atoms with van der Waals surface area (Å²) in [5, 5.41) is 4.41. The molecule has 96 valence electrons. The third kappa shape index (κ3) is 4.12. The van der Waals surface area contributed by atoms with Crippen LogP contribution < -0.4 is 5.32 Å². The molecular formula is C11H11BrClN3S2. The molecule has 7 heteroatoms. The van der Waals surface area contributed by atoms with Crippen molar-refractivity contribution in [3.63, 3.8) is 0 Å². The van der Waals surface area contributed by atoms with E-state index in [1.165, 1.54) is 16.6 Å².